The number of anilines is 2. The van der Waals surface area contributed by atoms with Gasteiger partial charge in [0.25, 0.3) is 5.91 Å². The number of halogens is 2. The highest BCUT2D eigenvalue weighted by atomic mass is 19.2. The Labute approximate surface area is 179 Å². The summed E-state index contributed by atoms with van der Waals surface area (Å²) in [6, 6.07) is 6.13. The van der Waals surface area contributed by atoms with Gasteiger partial charge in [-0.2, -0.15) is 0 Å². The lowest BCUT2D eigenvalue weighted by atomic mass is 10.1. The van der Waals surface area contributed by atoms with Crippen molar-refractivity contribution in [1.82, 2.24) is 20.5 Å². The number of piperazine rings is 1. The maximum Gasteiger partial charge on any atom is 0.320 e. The number of nitrogens with one attached hydrogen (secondary N) is 3. The van der Waals surface area contributed by atoms with Gasteiger partial charge in [-0.1, -0.05) is 0 Å². The van der Waals surface area contributed by atoms with Crippen LogP contribution in [0.5, 0.6) is 0 Å². The van der Waals surface area contributed by atoms with Gasteiger partial charge < -0.3 is 15.5 Å². The fraction of sp³-hybridized carbons (Fsp3) is 0.381. The fourth-order valence-electron chi connectivity index (χ4n) is 3.46. The number of hydrogen-bond donors (Lipinski definition) is 3. The van der Waals surface area contributed by atoms with Gasteiger partial charge in [-0.25, -0.2) is 18.6 Å². The molecule has 3 rings (SSSR count). The van der Waals surface area contributed by atoms with Crippen LogP contribution in [0.2, 0.25) is 0 Å². The number of hydrogen-bond acceptors (Lipinski definition) is 5. The van der Waals surface area contributed by atoms with Crippen molar-refractivity contribution < 1.29 is 18.4 Å². The van der Waals surface area contributed by atoms with E-state index >= 15 is 0 Å². The Morgan fingerprint density at radius 1 is 1.10 bits per heavy atom. The number of carbonyl (C=O) groups excluding carboxylic acids is 2. The first-order valence-corrected chi connectivity index (χ1v) is 10.1. The summed E-state index contributed by atoms with van der Waals surface area (Å²) in [5.74, 6) is -2.34. The van der Waals surface area contributed by atoms with Crippen molar-refractivity contribution >= 4 is 23.4 Å². The third kappa shape index (κ3) is 5.46. The largest absolute Gasteiger partial charge is 0.367 e. The molecule has 8 nitrogen and oxygen atoms in total. The molecule has 3 amide bonds. The molecule has 3 N–H and O–H groups in total. The Hall–Kier alpha value is -3.27. The summed E-state index contributed by atoms with van der Waals surface area (Å²) in [7, 11) is 1.37. The SMILES string of the molecule is CCNC(=O)Nc1cc(CN2CCN(c3ccc(C(=O)NC)c(F)c3F)CC2)ccn1. The second-order valence-corrected chi connectivity index (χ2v) is 7.14. The van der Waals surface area contributed by atoms with Crippen molar-refractivity contribution in [2.24, 2.45) is 0 Å². The molecule has 1 aromatic carbocycles. The van der Waals surface area contributed by atoms with Crippen LogP contribution in [-0.2, 0) is 6.54 Å². The lowest BCUT2D eigenvalue weighted by Gasteiger charge is -2.36. The summed E-state index contributed by atoms with van der Waals surface area (Å²) in [4.78, 5) is 31.4. The highest BCUT2D eigenvalue weighted by Crippen LogP contribution is 2.25. The molecule has 1 aliphatic heterocycles. The third-order valence-corrected chi connectivity index (χ3v) is 5.06. The minimum absolute atomic E-state index is 0.155. The molecule has 1 saturated heterocycles. The van der Waals surface area contributed by atoms with E-state index < -0.39 is 17.5 Å². The van der Waals surface area contributed by atoms with Crippen molar-refractivity contribution in [2.75, 3.05) is 50.0 Å². The van der Waals surface area contributed by atoms with E-state index in [0.29, 0.717) is 45.1 Å². The average Bonchev–Trinajstić information content (AvgIpc) is 2.76. The van der Waals surface area contributed by atoms with E-state index in [1.165, 1.54) is 19.2 Å². The van der Waals surface area contributed by atoms with E-state index in [2.05, 4.69) is 25.8 Å². The number of pyridine rings is 1. The smallest absolute Gasteiger partial charge is 0.320 e. The van der Waals surface area contributed by atoms with E-state index in [9.17, 15) is 18.4 Å². The molecule has 0 saturated carbocycles. The first-order chi connectivity index (χ1) is 14.9. The Balaban J connectivity index is 1.60. The molecule has 10 heteroatoms. The van der Waals surface area contributed by atoms with Gasteiger partial charge >= 0.3 is 6.03 Å². The molecule has 1 fully saturated rings. The zero-order valence-electron chi connectivity index (χ0n) is 17.5. The van der Waals surface area contributed by atoms with Gasteiger partial charge in [0.1, 0.15) is 5.82 Å². The summed E-state index contributed by atoms with van der Waals surface area (Å²) < 4.78 is 28.8. The molecule has 0 unspecified atom stereocenters. The Morgan fingerprint density at radius 2 is 1.84 bits per heavy atom. The number of urea groups is 1. The molecule has 2 heterocycles. The molecule has 0 spiro atoms. The van der Waals surface area contributed by atoms with Crippen molar-refractivity contribution in [2.45, 2.75) is 13.5 Å². The number of carbonyl (C=O) groups is 2. The van der Waals surface area contributed by atoms with E-state index in [1.807, 2.05) is 19.1 Å². The van der Waals surface area contributed by atoms with Crippen LogP contribution in [-0.4, -0.2) is 61.6 Å². The second-order valence-electron chi connectivity index (χ2n) is 7.14. The van der Waals surface area contributed by atoms with Crippen LogP contribution in [0.4, 0.5) is 25.1 Å². The monoisotopic (exact) mass is 432 g/mol. The Morgan fingerprint density at radius 3 is 2.52 bits per heavy atom. The molecular weight excluding hydrogens is 406 g/mol. The number of amides is 3. The number of nitrogens with zero attached hydrogens (tertiary/aromatic N) is 3. The number of rotatable bonds is 6. The normalized spacial score (nSPS) is 14.3. The summed E-state index contributed by atoms with van der Waals surface area (Å²) in [5.41, 5.74) is 0.835. The zero-order chi connectivity index (χ0) is 22.4. The van der Waals surface area contributed by atoms with Gasteiger partial charge in [0.2, 0.25) is 0 Å². The maximum absolute atomic E-state index is 14.5. The van der Waals surface area contributed by atoms with Crippen LogP contribution < -0.4 is 20.9 Å². The Kier molecular flexibility index (Phi) is 7.35. The summed E-state index contributed by atoms with van der Waals surface area (Å²) in [6.07, 6.45) is 1.64. The second kappa shape index (κ2) is 10.2. The van der Waals surface area contributed by atoms with E-state index in [-0.39, 0.29) is 17.3 Å². The van der Waals surface area contributed by atoms with Crippen LogP contribution in [0.25, 0.3) is 0 Å². The van der Waals surface area contributed by atoms with Gasteiger partial charge in [0, 0.05) is 52.5 Å². The van der Waals surface area contributed by atoms with Gasteiger partial charge in [0.05, 0.1) is 11.3 Å². The standard InChI is InChI=1S/C21H26F2N6O2/c1-3-25-21(31)27-17-12-14(6-7-26-17)13-28-8-10-29(11-9-28)16-5-4-15(20(30)24-2)18(22)19(16)23/h4-7,12H,3,8-11,13H2,1-2H3,(H,24,30)(H2,25,26,27,31). The van der Waals surface area contributed by atoms with Crippen LogP contribution >= 0.6 is 0 Å². The molecule has 0 bridgehead atoms. The van der Waals surface area contributed by atoms with Gasteiger partial charge in [-0.15, -0.1) is 0 Å². The van der Waals surface area contributed by atoms with Crippen LogP contribution in [0.3, 0.4) is 0 Å². The number of benzene rings is 1. The number of aromatic nitrogens is 1. The quantitative estimate of drug-likeness (QED) is 0.651. The van der Waals surface area contributed by atoms with Crippen molar-refractivity contribution in [3.63, 3.8) is 0 Å². The molecule has 0 radical (unpaired) electrons. The van der Waals surface area contributed by atoms with Crippen molar-refractivity contribution in [3.05, 3.63) is 53.2 Å². The predicted molar refractivity (Wildman–Crippen MR) is 114 cm³/mol. The van der Waals surface area contributed by atoms with Crippen LogP contribution in [0.15, 0.2) is 30.5 Å². The van der Waals surface area contributed by atoms with E-state index in [0.717, 1.165) is 5.56 Å². The van der Waals surface area contributed by atoms with Gasteiger partial charge in [0.15, 0.2) is 11.6 Å². The van der Waals surface area contributed by atoms with E-state index in [1.54, 1.807) is 11.1 Å². The third-order valence-electron chi connectivity index (χ3n) is 5.06. The Bertz CT molecular complexity index is 947. The first-order valence-electron chi connectivity index (χ1n) is 10.1. The minimum atomic E-state index is -1.14. The van der Waals surface area contributed by atoms with E-state index in [4.69, 9.17) is 0 Å². The van der Waals surface area contributed by atoms with Gasteiger partial charge in [-0.05, 0) is 36.8 Å². The molecule has 0 aliphatic carbocycles. The molecule has 166 valence electrons. The first kappa shape index (κ1) is 22.4. The lowest BCUT2D eigenvalue weighted by Crippen LogP contribution is -2.46. The lowest BCUT2D eigenvalue weighted by molar-refractivity contribution is 0.0958. The van der Waals surface area contributed by atoms with Crippen LogP contribution in [0, 0.1) is 11.6 Å². The summed E-state index contributed by atoms with van der Waals surface area (Å²) in [5, 5.41) is 7.64. The summed E-state index contributed by atoms with van der Waals surface area (Å²) in [6.45, 7) is 5.34. The highest BCUT2D eigenvalue weighted by Gasteiger charge is 2.24. The topological polar surface area (TPSA) is 89.6 Å². The zero-order valence-corrected chi connectivity index (χ0v) is 17.5. The molecule has 2 aromatic rings. The fourth-order valence-corrected chi connectivity index (χ4v) is 3.46. The molecular formula is C21H26F2N6O2. The minimum Gasteiger partial charge on any atom is -0.367 e. The molecule has 1 aliphatic rings. The maximum atomic E-state index is 14.5. The molecule has 1 aromatic heterocycles. The highest BCUT2D eigenvalue weighted by molar-refractivity contribution is 5.94. The van der Waals surface area contributed by atoms with Crippen LogP contribution in [0.1, 0.15) is 22.8 Å². The summed E-state index contributed by atoms with van der Waals surface area (Å²) >= 11 is 0. The average molecular weight is 432 g/mol. The van der Waals surface area contributed by atoms with Crippen molar-refractivity contribution in [3.8, 4) is 0 Å². The molecule has 31 heavy (non-hydrogen) atoms. The van der Waals surface area contributed by atoms with Crippen molar-refractivity contribution in [1.29, 1.82) is 0 Å². The van der Waals surface area contributed by atoms with Gasteiger partial charge in [-0.3, -0.25) is 15.0 Å². The predicted octanol–water partition coefficient (Wildman–Crippen LogP) is 2.18. The molecule has 0 atom stereocenters.